The fraction of sp³-hybridized carbons (Fsp3) is 0.632. The van der Waals surface area contributed by atoms with Crippen LogP contribution in [0.5, 0.6) is 5.75 Å². The van der Waals surface area contributed by atoms with Gasteiger partial charge in [0.2, 0.25) is 0 Å². The molecule has 0 aromatic heterocycles. The lowest BCUT2D eigenvalue weighted by Gasteiger charge is -2.27. The maximum absolute atomic E-state index is 9.61. The van der Waals surface area contributed by atoms with Gasteiger partial charge in [-0.3, -0.25) is 0 Å². The number of benzene rings is 1. The van der Waals surface area contributed by atoms with Gasteiger partial charge in [0.15, 0.2) is 5.96 Å². The fourth-order valence-corrected chi connectivity index (χ4v) is 2.91. The van der Waals surface area contributed by atoms with E-state index >= 15 is 0 Å². The van der Waals surface area contributed by atoms with Crippen molar-refractivity contribution in [1.29, 1.82) is 0 Å². The summed E-state index contributed by atoms with van der Waals surface area (Å²) in [5.41, 5.74) is 1.19. The zero-order valence-corrected chi connectivity index (χ0v) is 17.8. The molecule has 3 N–H and O–H groups in total. The van der Waals surface area contributed by atoms with Crippen molar-refractivity contribution in [1.82, 2.24) is 10.6 Å². The highest BCUT2D eigenvalue weighted by Gasteiger charge is 2.20. The van der Waals surface area contributed by atoms with Gasteiger partial charge >= 0.3 is 0 Å². The quantitative estimate of drug-likeness (QED) is 0.346. The molecule has 0 radical (unpaired) electrons. The van der Waals surface area contributed by atoms with E-state index in [2.05, 4.69) is 35.5 Å². The summed E-state index contributed by atoms with van der Waals surface area (Å²) in [6, 6.07) is 8.47. The van der Waals surface area contributed by atoms with Gasteiger partial charge in [0.05, 0.1) is 12.6 Å². The highest BCUT2D eigenvalue weighted by atomic mass is 127. The minimum Gasteiger partial charge on any atom is -0.489 e. The number of nitrogens with zero attached hydrogens (tertiary/aromatic N) is 1. The monoisotopic (exact) mass is 461 g/mol. The second kappa shape index (κ2) is 11.6. The SMILES string of the molecule is CCNC(=NCC(C)Oc1cccc(C)c1)NC1CCC(O)CC1.I. The van der Waals surface area contributed by atoms with E-state index < -0.39 is 0 Å². The normalized spacial score (nSPS) is 21.8. The van der Waals surface area contributed by atoms with Gasteiger partial charge in [0, 0.05) is 12.6 Å². The molecule has 1 saturated carbocycles. The molecule has 142 valence electrons. The molecule has 5 nitrogen and oxygen atoms in total. The van der Waals surface area contributed by atoms with Crippen LogP contribution >= 0.6 is 24.0 Å². The number of aliphatic hydroxyl groups excluding tert-OH is 1. The third-order valence-electron chi connectivity index (χ3n) is 4.22. The Kier molecular flexibility index (Phi) is 10.2. The van der Waals surface area contributed by atoms with Gasteiger partial charge in [-0.1, -0.05) is 12.1 Å². The zero-order valence-electron chi connectivity index (χ0n) is 15.5. The molecule has 1 fully saturated rings. The molecule has 0 heterocycles. The molecule has 1 unspecified atom stereocenters. The molecule has 0 bridgehead atoms. The van der Waals surface area contributed by atoms with Crippen LogP contribution in [0.4, 0.5) is 0 Å². The number of hydrogen-bond acceptors (Lipinski definition) is 3. The number of aryl methyl sites for hydroxylation is 1. The Morgan fingerprint density at radius 3 is 2.68 bits per heavy atom. The Bertz CT molecular complexity index is 531. The van der Waals surface area contributed by atoms with Gasteiger partial charge in [-0.25, -0.2) is 4.99 Å². The van der Waals surface area contributed by atoms with Crippen LogP contribution in [0.1, 0.15) is 45.1 Å². The molecule has 1 aromatic carbocycles. The van der Waals surface area contributed by atoms with Crippen molar-refractivity contribution in [3.05, 3.63) is 29.8 Å². The molecule has 0 amide bonds. The van der Waals surface area contributed by atoms with Crippen LogP contribution in [0.15, 0.2) is 29.3 Å². The number of aliphatic hydroxyl groups is 1. The van der Waals surface area contributed by atoms with E-state index in [-0.39, 0.29) is 36.2 Å². The summed E-state index contributed by atoms with van der Waals surface area (Å²) >= 11 is 0. The highest BCUT2D eigenvalue weighted by Crippen LogP contribution is 2.18. The maximum atomic E-state index is 9.61. The second-order valence-electron chi connectivity index (χ2n) is 6.61. The van der Waals surface area contributed by atoms with Crippen LogP contribution in [0.3, 0.4) is 0 Å². The molecule has 0 saturated heterocycles. The molecular formula is C19H32IN3O2. The number of ether oxygens (including phenoxy) is 1. The average molecular weight is 461 g/mol. The van der Waals surface area contributed by atoms with Gasteiger partial charge in [0.25, 0.3) is 0 Å². The van der Waals surface area contributed by atoms with Gasteiger partial charge in [-0.15, -0.1) is 24.0 Å². The van der Waals surface area contributed by atoms with E-state index in [9.17, 15) is 5.11 Å². The molecule has 1 aromatic rings. The van der Waals surface area contributed by atoms with Gasteiger partial charge in [0.1, 0.15) is 11.9 Å². The lowest BCUT2D eigenvalue weighted by molar-refractivity contribution is 0.120. The Balaban J connectivity index is 0.00000312. The van der Waals surface area contributed by atoms with Crippen LogP contribution in [0, 0.1) is 6.92 Å². The van der Waals surface area contributed by atoms with Gasteiger partial charge < -0.3 is 20.5 Å². The Labute approximate surface area is 168 Å². The summed E-state index contributed by atoms with van der Waals surface area (Å²) in [5.74, 6) is 1.72. The first-order valence-corrected chi connectivity index (χ1v) is 9.03. The maximum Gasteiger partial charge on any atom is 0.191 e. The standard InChI is InChI=1S/C19H31N3O2.HI/c1-4-20-19(22-16-8-10-17(23)11-9-16)21-13-15(3)24-18-7-5-6-14(2)12-18;/h5-7,12,15-17,23H,4,8-11,13H2,1-3H3,(H2,20,21,22);1H. The Morgan fingerprint density at radius 1 is 1.32 bits per heavy atom. The van der Waals surface area contributed by atoms with Crippen molar-refractivity contribution in [2.45, 2.75) is 64.7 Å². The molecule has 0 aliphatic heterocycles. The number of rotatable bonds is 6. The summed E-state index contributed by atoms with van der Waals surface area (Å²) < 4.78 is 5.93. The van der Waals surface area contributed by atoms with Crippen molar-refractivity contribution < 1.29 is 9.84 Å². The third-order valence-corrected chi connectivity index (χ3v) is 4.22. The average Bonchev–Trinajstić information content (AvgIpc) is 2.55. The molecule has 6 heteroatoms. The van der Waals surface area contributed by atoms with E-state index in [4.69, 9.17) is 4.74 Å². The minimum absolute atomic E-state index is 0. The summed E-state index contributed by atoms with van der Waals surface area (Å²) in [5, 5.41) is 16.4. The first kappa shape index (κ1) is 22.0. The third kappa shape index (κ3) is 8.27. The van der Waals surface area contributed by atoms with Crippen LogP contribution in [-0.2, 0) is 0 Å². The summed E-state index contributed by atoms with van der Waals surface area (Å²) in [6.45, 7) is 7.58. The zero-order chi connectivity index (χ0) is 17.4. The molecule has 1 atom stereocenters. The first-order chi connectivity index (χ1) is 11.6. The molecule has 25 heavy (non-hydrogen) atoms. The first-order valence-electron chi connectivity index (χ1n) is 9.03. The van der Waals surface area contributed by atoms with Crippen LogP contribution in [0.2, 0.25) is 0 Å². The van der Waals surface area contributed by atoms with E-state index in [1.54, 1.807) is 0 Å². The van der Waals surface area contributed by atoms with Gasteiger partial charge in [-0.2, -0.15) is 0 Å². The minimum atomic E-state index is -0.134. The van der Waals surface area contributed by atoms with Crippen LogP contribution in [-0.4, -0.2) is 42.4 Å². The molecule has 0 spiro atoms. The van der Waals surface area contributed by atoms with Crippen molar-refractivity contribution in [2.75, 3.05) is 13.1 Å². The van der Waals surface area contributed by atoms with Crippen molar-refractivity contribution in [2.24, 2.45) is 4.99 Å². The largest absolute Gasteiger partial charge is 0.489 e. The van der Waals surface area contributed by atoms with E-state index in [1.165, 1.54) is 5.56 Å². The smallest absolute Gasteiger partial charge is 0.191 e. The van der Waals surface area contributed by atoms with E-state index in [0.29, 0.717) is 12.6 Å². The molecule has 1 aliphatic rings. The van der Waals surface area contributed by atoms with E-state index in [0.717, 1.165) is 43.9 Å². The van der Waals surface area contributed by atoms with Crippen LogP contribution in [0.25, 0.3) is 0 Å². The summed E-state index contributed by atoms with van der Waals surface area (Å²) in [4.78, 5) is 4.65. The molecule has 1 aliphatic carbocycles. The predicted molar refractivity (Wildman–Crippen MR) is 114 cm³/mol. The van der Waals surface area contributed by atoms with Gasteiger partial charge in [-0.05, 0) is 64.2 Å². The predicted octanol–water partition coefficient (Wildman–Crippen LogP) is 3.24. The number of aliphatic imine (C=N–C) groups is 1. The number of nitrogens with one attached hydrogen (secondary N) is 2. The number of hydrogen-bond donors (Lipinski definition) is 3. The second-order valence-corrected chi connectivity index (χ2v) is 6.61. The summed E-state index contributed by atoms with van der Waals surface area (Å²) in [7, 11) is 0. The topological polar surface area (TPSA) is 65.9 Å². The molecular weight excluding hydrogens is 429 g/mol. The van der Waals surface area contributed by atoms with Crippen molar-refractivity contribution in [3.63, 3.8) is 0 Å². The summed E-state index contributed by atoms with van der Waals surface area (Å²) in [6.07, 6.45) is 3.58. The Morgan fingerprint density at radius 2 is 2.04 bits per heavy atom. The fourth-order valence-electron chi connectivity index (χ4n) is 2.91. The highest BCUT2D eigenvalue weighted by molar-refractivity contribution is 14.0. The lowest BCUT2D eigenvalue weighted by Crippen LogP contribution is -2.45. The number of halogens is 1. The van der Waals surface area contributed by atoms with Crippen molar-refractivity contribution >= 4 is 29.9 Å². The van der Waals surface area contributed by atoms with Crippen LogP contribution < -0.4 is 15.4 Å². The lowest BCUT2D eigenvalue weighted by atomic mass is 9.93. The number of guanidine groups is 1. The Hall–Kier alpha value is -1.02. The van der Waals surface area contributed by atoms with Crippen molar-refractivity contribution in [3.8, 4) is 5.75 Å². The molecule has 2 rings (SSSR count). The van der Waals surface area contributed by atoms with E-state index in [1.807, 2.05) is 25.1 Å².